The first-order valence-electron chi connectivity index (χ1n) is 11.0. The SMILES string of the molecule is O=C(C1=CC2(CCN(S(=O)(=O)c3ccc(Cl)s3)CC2)ON1)N1CCN(c2ccc(F)cc2)CC1. The van der Waals surface area contributed by atoms with Crippen molar-refractivity contribution in [2.45, 2.75) is 22.7 Å². The number of rotatable bonds is 4. The fourth-order valence-corrected chi connectivity index (χ4v) is 7.57. The molecule has 0 bridgehead atoms. The van der Waals surface area contributed by atoms with E-state index in [2.05, 4.69) is 10.4 Å². The Morgan fingerprint density at radius 2 is 1.71 bits per heavy atom. The van der Waals surface area contributed by atoms with Crippen molar-refractivity contribution < 1.29 is 22.4 Å². The number of piperazine rings is 1. The summed E-state index contributed by atoms with van der Waals surface area (Å²) in [4.78, 5) is 22.7. The van der Waals surface area contributed by atoms with Crippen LogP contribution in [0, 0.1) is 5.82 Å². The minimum absolute atomic E-state index is 0.140. The molecule has 3 aliphatic rings. The predicted octanol–water partition coefficient (Wildman–Crippen LogP) is 2.83. The number of thiophene rings is 1. The molecule has 0 radical (unpaired) electrons. The third-order valence-corrected chi connectivity index (χ3v) is 10.1. The number of amides is 1. The van der Waals surface area contributed by atoms with Crippen LogP contribution in [-0.4, -0.2) is 68.4 Å². The highest BCUT2D eigenvalue weighted by molar-refractivity contribution is 7.91. The topological polar surface area (TPSA) is 82.2 Å². The Bertz CT molecular complexity index is 1200. The first-order valence-corrected chi connectivity index (χ1v) is 13.6. The number of carbonyl (C=O) groups excluding carboxylic acids is 1. The molecule has 0 unspecified atom stereocenters. The molecular weight excluding hydrogens is 503 g/mol. The van der Waals surface area contributed by atoms with Crippen LogP contribution in [0.4, 0.5) is 10.1 Å². The number of sulfonamides is 1. The molecule has 1 aromatic heterocycles. The summed E-state index contributed by atoms with van der Waals surface area (Å²) in [6.45, 7) is 2.95. The molecule has 1 amide bonds. The Morgan fingerprint density at radius 1 is 1.03 bits per heavy atom. The van der Waals surface area contributed by atoms with Crippen LogP contribution in [0.5, 0.6) is 0 Å². The summed E-state index contributed by atoms with van der Waals surface area (Å²) in [5, 5.41) is 0. The Hall–Kier alpha value is -2.18. The van der Waals surface area contributed by atoms with Crippen molar-refractivity contribution in [1.29, 1.82) is 0 Å². The summed E-state index contributed by atoms with van der Waals surface area (Å²) in [6, 6.07) is 9.45. The number of piperidine rings is 1. The zero-order valence-corrected chi connectivity index (χ0v) is 20.6. The Balaban J connectivity index is 1.18. The van der Waals surface area contributed by atoms with Crippen molar-refractivity contribution >= 4 is 44.6 Å². The summed E-state index contributed by atoms with van der Waals surface area (Å²) >= 11 is 6.95. The van der Waals surface area contributed by atoms with Gasteiger partial charge in [-0.25, -0.2) is 12.8 Å². The van der Waals surface area contributed by atoms with Crippen LogP contribution in [0.1, 0.15) is 12.8 Å². The van der Waals surface area contributed by atoms with Crippen molar-refractivity contribution in [2.24, 2.45) is 0 Å². The summed E-state index contributed by atoms with van der Waals surface area (Å²) in [7, 11) is -3.59. The van der Waals surface area contributed by atoms with E-state index >= 15 is 0 Å². The molecular formula is C22H24ClFN4O4S2. The van der Waals surface area contributed by atoms with Crippen molar-refractivity contribution in [2.75, 3.05) is 44.2 Å². The molecule has 4 heterocycles. The van der Waals surface area contributed by atoms with E-state index in [4.69, 9.17) is 16.4 Å². The standard InChI is InChI=1S/C22H24ClFN4O4S2/c23-19-5-6-20(33-19)34(30,31)28-9-7-22(8-10-28)15-18(25-32-22)21(29)27-13-11-26(12-14-27)17-3-1-16(24)2-4-17/h1-6,15,25H,7-14H2. The second kappa shape index (κ2) is 9.12. The van der Waals surface area contributed by atoms with E-state index in [0.717, 1.165) is 17.0 Å². The van der Waals surface area contributed by atoms with Crippen LogP contribution in [0.25, 0.3) is 0 Å². The molecule has 182 valence electrons. The second-order valence-electron chi connectivity index (χ2n) is 8.55. The average Bonchev–Trinajstić information content (AvgIpc) is 3.47. The molecule has 5 rings (SSSR count). The quantitative estimate of drug-likeness (QED) is 0.660. The Kier molecular flexibility index (Phi) is 6.32. The van der Waals surface area contributed by atoms with Gasteiger partial charge >= 0.3 is 0 Å². The molecule has 1 spiro atoms. The molecule has 1 N–H and O–H groups in total. The minimum atomic E-state index is -3.59. The van der Waals surface area contributed by atoms with Gasteiger partial charge in [0.2, 0.25) is 0 Å². The first kappa shape index (κ1) is 23.6. The number of nitrogens with one attached hydrogen (secondary N) is 1. The minimum Gasteiger partial charge on any atom is -0.368 e. The number of hydroxylamine groups is 1. The van der Waals surface area contributed by atoms with Crippen LogP contribution < -0.4 is 10.4 Å². The van der Waals surface area contributed by atoms with Gasteiger partial charge in [0, 0.05) is 45.0 Å². The van der Waals surface area contributed by atoms with Gasteiger partial charge < -0.3 is 9.80 Å². The molecule has 0 atom stereocenters. The number of benzene rings is 1. The summed E-state index contributed by atoms with van der Waals surface area (Å²) in [6.07, 6.45) is 2.68. The highest BCUT2D eigenvalue weighted by Crippen LogP contribution is 2.36. The largest absolute Gasteiger partial charge is 0.368 e. The van der Waals surface area contributed by atoms with Crippen LogP contribution in [0.15, 0.2) is 52.4 Å². The molecule has 1 aromatic carbocycles. The summed E-state index contributed by atoms with van der Waals surface area (Å²) < 4.78 is 41.0. The first-order chi connectivity index (χ1) is 16.3. The molecule has 2 aromatic rings. The van der Waals surface area contributed by atoms with Crippen LogP contribution in [0.3, 0.4) is 0 Å². The lowest BCUT2D eigenvalue weighted by molar-refractivity contribution is -0.129. The zero-order chi connectivity index (χ0) is 23.9. The number of nitrogens with zero attached hydrogens (tertiary/aromatic N) is 3. The lowest BCUT2D eigenvalue weighted by Crippen LogP contribution is -2.49. The van der Waals surface area contributed by atoms with E-state index < -0.39 is 15.6 Å². The molecule has 0 saturated carbocycles. The lowest BCUT2D eigenvalue weighted by Gasteiger charge is -2.36. The summed E-state index contributed by atoms with van der Waals surface area (Å²) in [5.74, 6) is -0.413. The average molecular weight is 527 g/mol. The second-order valence-corrected chi connectivity index (χ2v) is 12.4. The Morgan fingerprint density at radius 3 is 2.32 bits per heavy atom. The van der Waals surface area contributed by atoms with Gasteiger partial charge in [0.15, 0.2) is 0 Å². The molecule has 34 heavy (non-hydrogen) atoms. The van der Waals surface area contributed by atoms with Gasteiger partial charge in [-0.2, -0.15) is 4.31 Å². The van der Waals surface area contributed by atoms with Gasteiger partial charge in [0.25, 0.3) is 15.9 Å². The van der Waals surface area contributed by atoms with E-state index in [0.29, 0.717) is 49.1 Å². The van der Waals surface area contributed by atoms with E-state index in [1.165, 1.54) is 22.5 Å². The van der Waals surface area contributed by atoms with Crippen molar-refractivity contribution in [3.63, 3.8) is 0 Å². The number of carbonyl (C=O) groups is 1. The van der Waals surface area contributed by atoms with Gasteiger partial charge in [-0.1, -0.05) is 11.6 Å². The maximum Gasteiger partial charge on any atom is 0.272 e. The maximum absolute atomic E-state index is 13.2. The smallest absolute Gasteiger partial charge is 0.272 e. The monoisotopic (exact) mass is 526 g/mol. The molecule has 2 fully saturated rings. The molecule has 12 heteroatoms. The normalized spacial score (nSPS) is 20.9. The molecule has 2 saturated heterocycles. The number of anilines is 1. The maximum atomic E-state index is 13.2. The van der Waals surface area contributed by atoms with Gasteiger partial charge in [0.05, 0.1) is 4.34 Å². The van der Waals surface area contributed by atoms with Gasteiger partial charge in [-0.3, -0.25) is 15.1 Å². The van der Waals surface area contributed by atoms with E-state index in [1.807, 2.05) is 0 Å². The van der Waals surface area contributed by atoms with Gasteiger partial charge in [-0.15, -0.1) is 11.3 Å². The van der Waals surface area contributed by atoms with E-state index in [9.17, 15) is 17.6 Å². The van der Waals surface area contributed by atoms with E-state index in [-0.39, 0.29) is 29.0 Å². The number of hydrogen-bond acceptors (Lipinski definition) is 7. The zero-order valence-electron chi connectivity index (χ0n) is 18.2. The predicted molar refractivity (Wildman–Crippen MR) is 128 cm³/mol. The number of hydrogen-bond donors (Lipinski definition) is 1. The highest BCUT2D eigenvalue weighted by Gasteiger charge is 2.43. The third-order valence-electron chi connectivity index (χ3n) is 6.47. The van der Waals surface area contributed by atoms with Crippen molar-refractivity contribution in [1.82, 2.24) is 14.7 Å². The van der Waals surface area contributed by atoms with Crippen LogP contribution in [0.2, 0.25) is 4.34 Å². The van der Waals surface area contributed by atoms with E-state index in [1.54, 1.807) is 29.2 Å². The fraction of sp³-hybridized carbons (Fsp3) is 0.409. The van der Waals surface area contributed by atoms with Crippen molar-refractivity contribution in [3.8, 4) is 0 Å². The van der Waals surface area contributed by atoms with Crippen LogP contribution in [-0.2, 0) is 19.7 Å². The van der Waals surface area contributed by atoms with Crippen LogP contribution >= 0.6 is 22.9 Å². The van der Waals surface area contributed by atoms with Crippen molar-refractivity contribution in [3.05, 3.63) is 58.3 Å². The third kappa shape index (κ3) is 4.55. The molecule has 8 nitrogen and oxygen atoms in total. The number of halogens is 2. The van der Waals surface area contributed by atoms with Gasteiger partial charge in [0.1, 0.15) is 21.3 Å². The molecule has 0 aliphatic carbocycles. The lowest BCUT2D eigenvalue weighted by atomic mass is 9.92. The fourth-order valence-electron chi connectivity index (χ4n) is 4.49. The highest BCUT2D eigenvalue weighted by atomic mass is 35.5. The Labute approximate surface area is 206 Å². The summed E-state index contributed by atoms with van der Waals surface area (Å²) in [5.41, 5.74) is 3.39. The van der Waals surface area contributed by atoms with Gasteiger partial charge in [-0.05, 0) is 55.3 Å². The molecule has 3 aliphatic heterocycles.